The molecule has 4 aromatic rings. The molecule has 166 valence electrons. The lowest BCUT2D eigenvalue weighted by Crippen LogP contribution is -2.27. The Hall–Kier alpha value is -3.79. The van der Waals surface area contributed by atoms with Gasteiger partial charge in [0.25, 0.3) is 11.1 Å². The first kappa shape index (κ1) is 22.0. The first-order valence-electron chi connectivity index (χ1n) is 10.6. The van der Waals surface area contributed by atoms with Crippen LogP contribution in [-0.4, -0.2) is 20.6 Å². The third-order valence-electron chi connectivity index (χ3n) is 5.71. The zero-order valence-corrected chi connectivity index (χ0v) is 19.5. The molecular weight excluding hydrogens is 466 g/mol. The standard InChI is InChI=1S/C27H18ClN3O2S/c28-22-11-9-18(10-12-22)15-30-16-21(23-7-3-4-8-24(23)30)13-25-26(32)31(27(33)34-25)17-20-6-2-1-5-19(20)14-29/h1-13,16H,15,17H2/b25-13+. The number of hydrogen-bond acceptors (Lipinski definition) is 4. The van der Waals surface area contributed by atoms with E-state index in [0.717, 1.165) is 33.8 Å². The largest absolute Gasteiger partial charge is 0.342 e. The van der Waals surface area contributed by atoms with Crippen molar-refractivity contribution in [2.45, 2.75) is 13.1 Å². The Morgan fingerprint density at radius 3 is 2.47 bits per heavy atom. The summed E-state index contributed by atoms with van der Waals surface area (Å²) in [6.07, 6.45) is 3.78. The van der Waals surface area contributed by atoms with E-state index < -0.39 is 0 Å². The topological polar surface area (TPSA) is 66.1 Å². The summed E-state index contributed by atoms with van der Waals surface area (Å²) in [4.78, 5) is 27.3. The summed E-state index contributed by atoms with van der Waals surface area (Å²) in [7, 11) is 0. The molecule has 0 aliphatic carbocycles. The lowest BCUT2D eigenvalue weighted by Gasteiger charge is -2.13. The molecule has 1 aromatic heterocycles. The van der Waals surface area contributed by atoms with Crippen molar-refractivity contribution in [2.75, 3.05) is 0 Å². The van der Waals surface area contributed by atoms with Crippen molar-refractivity contribution in [1.82, 2.24) is 9.47 Å². The molecule has 0 bridgehead atoms. The molecule has 2 amide bonds. The molecular formula is C27H18ClN3O2S. The van der Waals surface area contributed by atoms with Crippen LogP contribution in [0.3, 0.4) is 0 Å². The molecule has 0 saturated carbocycles. The van der Waals surface area contributed by atoms with Crippen molar-refractivity contribution < 1.29 is 9.59 Å². The molecule has 1 aliphatic heterocycles. The van der Waals surface area contributed by atoms with Crippen molar-refractivity contribution in [1.29, 1.82) is 5.26 Å². The summed E-state index contributed by atoms with van der Waals surface area (Å²) >= 11 is 6.94. The van der Waals surface area contributed by atoms with Crippen molar-refractivity contribution in [3.05, 3.63) is 111 Å². The average Bonchev–Trinajstić information content (AvgIpc) is 3.33. The fourth-order valence-corrected chi connectivity index (χ4v) is 4.98. The van der Waals surface area contributed by atoms with Crippen molar-refractivity contribution in [3.63, 3.8) is 0 Å². The minimum Gasteiger partial charge on any atom is -0.342 e. The van der Waals surface area contributed by atoms with E-state index in [-0.39, 0.29) is 17.7 Å². The number of aromatic nitrogens is 1. The number of nitriles is 1. The quantitative estimate of drug-likeness (QED) is 0.306. The fraction of sp³-hybridized carbons (Fsp3) is 0.0741. The van der Waals surface area contributed by atoms with E-state index in [1.165, 1.54) is 4.90 Å². The Morgan fingerprint density at radius 2 is 1.68 bits per heavy atom. The van der Waals surface area contributed by atoms with Crippen molar-refractivity contribution in [2.24, 2.45) is 0 Å². The number of imide groups is 1. The van der Waals surface area contributed by atoms with Crippen LogP contribution in [0, 0.1) is 11.3 Å². The molecule has 1 aliphatic rings. The first-order valence-corrected chi connectivity index (χ1v) is 11.8. The molecule has 0 atom stereocenters. The number of nitrogens with zero attached hydrogens (tertiary/aromatic N) is 3. The van der Waals surface area contributed by atoms with Gasteiger partial charge in [0.15, 0.2) is 0 Å². The molecule has 3 aromatic carbocycles. The van der Waals surface area contributed by atoms with E-state index in [2.05, 4.69) is 10.6 Å². The molecule has 5 nitrogen and oxygen atoms in total. The van der Waals surface area contributed by atoms with Crippen LogP contribution in [0.25, 0.3) is 17.0 Å². The van der Waals surface area contributed by atoms with Gasteiger partial charge in [-0.05, 0) is 53.2 Å². The smallest absolute Gasteiger partial charge is 0.293 e. The van der Waals surface area contributed by atoms with Gasteiger partial charge in [-0.2, -0.15) is 5.26 Å². The molecule has 0 N–H and O–H groups in total. The van der Waals surface area contributed by atoms with Gasteiger partial charge >= 0.3 is 0 Å². The molecule has 0 unspecified atom stereocenters. The highest BCUT2D eigenvalue weighted by molar-refractivity contribution is 8.18. The predicted molar refractivity (Wildman–Crippen MR) is 135 cm³/mol. The Kier molecular flexibility index (Phi) is 5.97. The third-order valence-corrected chi connectivity index (χ3v) is 6.87. The Morgan fingerprint density at radius 1 is 0.941 bits per heavy atom. The van der Waals surface area contributed by atoms with E-state index in [4.69, 9.17) is 11.6 Å². The van der Waals surface area contributed by atoms with Crippen LogP contribution in [0.5, 0.6) is 0 Å². The van der Waals surface area contributed by atoms with Gasteiger partial charge in [0.05, 0.1) is 23.1 Å². The predicted octanol–water partition coefficient (Wildman–Crippen LogP) is 6.45. The SMILES string of the molecule is N#Cc1ccccc1CN1C(=O)S/C(=C/c2cn(Cc3ccc(Cl)cc3)c3ccccc23)C1=O. The lowest BCUT2D eigenvalue weighted by atomic mass is 10.1. The fourth-order valence-electron chi connectivity index (χ4n) is 4.02. The van der Waals surface area contributed by atoms with Crippen LogP contribution < -0.4 is 0 Å². The minimum absolute atomic E-state index is 0.0735. The summed E-state index contributed by atoms with van der Waals surface area (Å²) in [5, 5.41) is 10.7. The van der Waals surface area contributed by atoms with Gasteiger partial charge in [-0.25, -0.2) is 0 Å². The Labute approximate surface area is 205 Å². The van der Waals surface area contributed by atoms with Gasteiger partial charge in [-0.1, -0.05) is 60.1 Å². The van der Waals surface area contributed by atoms with Crippen LogP contribution in [-0.2, 0) is 17.9 Å². The van der Waals surface area contributed by atoms with E-state index in [1.54, 1.807) is 30.3 Å². The van der Waals surface area contributed by atoms with Gasteiger partial charge in [0.2, 0.25) is 0 Å². The third kappa shape index (κ3) is 4.24. The highest BCUT2D eigenvalue weighted by atomic mass is 35.5. The zero-order valence-electron chi connectivity index (χ0n) is 17.9. The molecule has 0 spiro atoms. The van der Waals surface area contributed by atoms with E-state index in [9.17, 15) is 14.9 Å². The molecule has 1 saturated heterocycles. The van der Waals surface area contributed by atoms with Crippen LogP contribution in [0.15, 0.2) is 83.9 Å². The average molecular weight is 484 g/mol. The van der Waals surface area contributed by atoms with E-state index >= 15 is 0 Å². The van der Waals surface area contributed by atoms with Gasteiger partial charge in [-0.3, -0.25) is 14.5 Å². The van der Waals surface area contributed by atoms with Crippen molar-refractivity contribution >= 4 is 51.5 Å². The van der Waals surface area contributed by atoms with Gasteiger partial charge in [-0.15, -0.1) is 0 Å². The van der Waals surface area contributed by atoms with E-state index in [0.29, 0.717) is 27.6 Å². The molecule has 7 heteroatoms. The van der Waals surface area contributed by atoms with Gasteiger partial charge in [0, 0.05) is 34.2 Å². The minimum atomic E-state index is -0.350. The molecule has 1 fully saturated rings. The number of halogens is 1. The highest BCUT2D eigenvalue weighted by Crippen LogP contribution is 2.35. The number of carbonyl (C=O) groups is 2. The Bertz CT molecular complexity index is 1500. The number of fused-ring (bicyclic) bond motifs is 1. The normalized spacial score (nSPS) is 14.8. The lowest BCUT2D eigenvalue weighted by molar-refractivity contribution is -0.123. The summed E-state index contributed by atoms with van der Waals surface area (Å²) < 4.78 is 2.12. The second-order valence-corrected chi connectivity index (χ2v) is 9.32. The summed E-state index contributed by atoms with van der Waals surface area (Å²) in [5.41, 5.74) is 4.11. The van der Waals surface area contributed by atoms with Crippen LogP contribution >= 0.6 is 23.4 Å². The number of benzene rings is 3. The number of thioether (sulfide) groups is 1. The molecule has 2 heterocycles. The maximum atomic E-state index is 13.1. The first-order chi connectivity index (χ1) is 16.5. The van der Waals surface area contributed by atoms with E-state index in [1.807, 2.05) is 54.7 Å². The number of amides is 2. The zero-order chi connectivity index (χ0) is 23.7. The number of carbonyl (C=O) groups excluding carboxylic acids is 2. The Balaban J connectivity index is 1.46. The summed E-state index contributed by atoms with van der Waals surface area (Å²) in [5.74, 6) is -0.350. The second-order valence-electron chi connectivity index (χ2n) is 7.89. The number of hydrogen-bond donors (Lipinski definition) is 0. The molecule has 0 radical (unpaired) electrons. The number of para-hydroxylation sites is 1. The monoisotopic (exact) mass is 483 g/mol. The maximum Gasteiger partial charge on any atom is 0.293 e. The van der Waals surface area contributed by atoms with Crippen LogP contribution in [0.1, 0.15) is 22.3 Å². The van der Waals surface area contributed by atoms with Crippen LogP contribution in [0.4, 0.5) is 4.79 Å². The summed E-state index contributed by atoms with van der Waals surface area (Å²) in [6.45, 7) is 0.724. The molecule has 5 rings (SSSR count). The maximum absolute atomic E-state index is 13.1. The van der Waals surface area contributed by atoms with Gasteiger partial charge in [0.1, 0.15) is 0 Å². The molecule has 34 heavy (non-hydrogen) atoms. The number of rotatable bonds is 5. The van der Waals surface area contributed by atoms with Gasteiger partial charge < -0.3 is 4.57 Å². The van der Waals surface area contributed by atoms with Crippen LogP contribution in [0.2, 0.25) is 5.02 Å². The van der Waals surface area contributed by atoms with Crippen molar-refractivity contribution in [3.8, 4) is 6.07 Å². The second kappa shape index (κ2) is 9.22. The highest BCUT2D eigenvalue weighted by Gasteiger charge is 2.35. The summed E-state index contributed by atoms with van der Waals surface area (Å²) in [6, 6.07) is 24.8.